The monoisotopic (exact) mass is 534 g/mol. The zero-order valence-electron chi connectivity index (χ0n) is 20.8. The van der Waals surface area contributed by atoms with Gasteiger partial charge in [-0.1, -0.05) is 18.2 Å². The van der Waals surface area contributed by atoms with E-state index in [4.69, 9.17) is 0 Å². The van der Waals surface area contributed by atoms with Crippen molar-refractivity contribution in [1.29, 1.82) is 0 Å². The Bertz CT molecular complexity index is 1530. The molecule has 39 heavy (non-hydrogen) atoms. The molecular weight excluding hydrogens is 509 g/mol. The fraction of sp³-hybridized carbons (Fsp3) is 0.250. The molecule has 1 aliphatic rings. The molecule has 2 aromatic carbocycles. The molecule has 0 spiro atoms. The third kappa shape index (κ3) is 6.20. The van der Waals surface area contributed by atoms with E-state index in [1.807, 2.05) is 0 Å². The van der Waals surface area contributed by atoms with Crippen LogP contribution >= 0.6 is 0 Å². The number of nitrogens with zero attached hydrogens (tertiary/aromatic N) is 4. The minimum Gasteiger partial charge on any atom is -0.352 e. The molecule has 5 rings (SSSR count). The lowest BCUT2D eigenvalue weighted by Gasteiger charge is -2.22. The summed E-state index contributed by atoms with van der Waals surface area (Å²) in [4.78, 5) is 33.6. The molecule has 3 heterocycles. The maximum Gasteiger partial charge on any atom is 0.267 e. The fourth-order valence-electron chi connectivity index (χ4n) is 4.42. The van der Waals surface area contributed by atoms with Crippen molar-refractivity contribution >= 4 is 5.91 Å². The first kappa shape index (κ1) is 26.2. The zero-order chi connectivity index (χ0) is 27.4. The van der Waals surface area contributed by atoms with Crippen molar-refractivity contribution in [3.05, 3.63) is 99.9 Å². The van der Waals surface area contributed by atoms with E-state index in [9.17, 15) is 22.8 Å². The van der Waals surface area contributed by atoms with Crippen LogP contribution in [0, 0.1) is 23.4 Å². The topological polar surface area (TPSA) is 102 Å². The van der Waals surface area contributed by atoms with E-state index < -0.39 is 23.0 Å². The number of aromatic nitrogens is 4. The van der Waals surface area contributed by atoms with Gasteiger partial charge in [0, 0.05) is 36.1 Å². The molecule has 4 aromatic rings. The molecular formula is C28H25F3N6O2. The number of halogens is 3. The van der Waals surface area contributed by atoms with Crippen LogP contribution in [-0.2, 0) is 6.54 Å². The van der Waals surface area contributed by atoms with Gasteiger partial charge in [-0.05, 0) is 61.7 Å². The van der Waals surface area contributed by atoms with Gasteiger partial charge in [-0.3, -0.25) is 9.59 Å². The Hall–Kier alpha value is -4.38. The maximum atomic E-state index is 13.7. The first-order valence-corrected chi connectivity index (χ1v) is 12.5. The van der Waals surface area contributed by atoms with Gasteiger partial charge < -0.3 is 10.6 Å². The van der Waals surface area contributed by atoms with Crippen molar-refractivity contribution in [3.63, 3.8) is 0 Å². The summed E-state index contributed by atoms with van der Waals surface area (Å²) in [5, 5.41) is 10.5. The van der Waals surface area contributed by atoms with Gasteiger partial charge in [-0.2, -0.15) is 5.10 Å². The normalized spacial score (nSPS) is 13.8. The molecule has 0 bridgehead atoms. The van der Waals surface area contributed by atoms with Crippen LogP contribution in [0.25, 0.3) is 22.6 Å². The predicted molar refractivity (Wildman–Crippen MR) is 138 cm³/mol. The second kappa shape index (κ2) is 11.6. The molecule has 2 N–H and O–H groups in total. The highest BCUT2D eigenvalue weighted by Crippen LogP contribution is 2.22. The van der Waals surface area contributed by atoms with Gasteiger partial charge in [0.15, 0.2) is 23.3 Å². The zero-order valence-corrected chi connectivity index (χ0v) is 20.8. The molecule has 0 radical (unpaired) electrons. The molecule has 2 aromatic heterocycles. The Kier molecular flexibility index (Phi) is 7.78. The first-order valence-electron chi connectivity index (χ1n) is 12.5. The lowest BCUT2D eigenvalue weighted by Crippen LogP contribution is -2.36. The number of hydrogen-bond acceptors (Lipinski definition) is 6. The second-order valence-corrected chi connectivity index (χ2v) is 9.37. The number of carbonyl (C=O) groups excluding carboxylic acids is 1. The maximum absolute atomic E-state index is 13.7. The average Bonchev–Trinajstić information content (AvgIpc) is 2.96. The fourth-order valence-corrected chi connectivity index (χ4v) is 4.42. The highest BCUT2D eigenvalue weighted by Gasteiger charge is 2.16. The number of hydrogen-bond donors (Lipinski definition) is 2. The Balaban J connectivity index is 1.30. The minimum atomic E-state index is -1.57. The molecule has 0 saturated carbocycles. The average molecular weight is 535 g/mol. The standard InChI is InChI=1S/C28H25F3N6O2/c29-22-11-20(12-23(30)26(22)31)24-4-5-25(38)37(36-24)16-18-2-1-3-19(10-18)27-33-14-21(15-34-27)28(39)35-13-17-6-8-32-9-7-17/h1-5,10-12,14-15,17,32H,6-9,13,16H2,(H,35,39). The Morgan fingerprint density at radius 1 is 0.974 bits per heavy atom. The van der Waals surface area contributed by atoms with Crippen LogP contribution < -0.4 is 16.2 Å². The SMILES string of the molecule is O=C(NCC1CCNCC1)c1cnc(-c2cccc(Cn3nc(-c4cc(F)c(F)c(F)c4)ccc3=O)c2)nc1. The van der Waals surface area contributed by atoms with E-state index in [0.717, 1.165) is 42.7 Å². The first-order chi connectivity index (χ1) is 18.9. The van der Waals surface area contributed by atoms with Crippen molar-refractivity contribution < 1.29 is 18.0 Å². The van der Waals surface area contributed by atoms with Gasteiger partial charge in [0.2, 0.25) is 0 Å². The number of carbonyl (C=O) groups is 1. The van der Waals surface area contributed by atoms with E-state index in [1.165, 1.54) is 24.5 Å². The summed E-state index contributed by atoms with van der Waals surface area (Å²) in [6.07, 6.45) is 5.01. The van der Waals surface area contributed by atoms with Gasteiger partial charge in [0.1, 0.15) is 0 Å². The second-order valence-electron chi connectivity index (χ2n) is 9.37. The minimum absolute atomic E-state index is 0.00202. The van der Waals surface area contributed by atoms with E-state index in [0.29, 0.717) is 35.0 Å². The lowest BCUT2D eigenvalue weighted by molar-refractivity contribution is 0.0943. The summed E-state index contributed by atoms with van der Waals surface area (Å²) in [7, 11) is 0. The van der Waals surface area contributed by atoms with E-state index in [-0.39, 0.29) is 23.7 Å². The number of rotatable bonds is 7. The van der Waals surface area contributed by atoms with Gasteiger partial charge >= 0.3 is 0 Å². The Morgan fingerprint density at radius 3 is 2.41 bits per heavy atom. The van der Waals surface area contributed by atoms with Crippen LogP contribution in [0.15, 0.2) is 65.7 Å². The molecule has 0 unspecified atom stereocenters. The van der Waals surface area contributed by atoms with E-state index >= 15 is 0 Å². The van der Waals surface area contributed by atoms with Crippen molar-refractivity contribution in [3.8, 4) is 22.6 Å². The molecule has 0 aliphatic carbocycles. The molecule has 8 nitrogen and oxygen atoms in total. The van der Waals surface area contributed by atoms with Crippen LogP contribution in [0.2, 0.25) is 0 Å². The summed E-state index contributed by atoms with van der Waals surface area (Å²) in [5.74, 6) is -3.63. The number of benzene rings is 2. The smallest absolute Gasteiger partial charge is 0.267 e. The Morgan fingerprint density at radius 2 is 1.69 bits per heavy atom. The summed E-state index contributed by atoms with van der Waals surface area (Å²) < 4.78 is 41.9. The molecule has 1 aliphatic heterocycles. The molecule has 1 amide bonds. The quantitative estimate of drug-likeness (QED) is 0.352. The molecule has 1 fully saturated rings. The summed E-state index contributed by atoms with van der Waals surface area (Å²) in [5.41, 5.74) is 1.42. The predicted octanol–water partition coefficient (Wildman–Crippen LogP) is 3.56. The van der Waals surface area contributed by atoms with Gasteiger partial charge in [-0.25, -0.2) is 27.8 Å². The highest BCUT2D eigenvalue weighted by atomic mass is 19.2. The third-order valence-corrected chi connectivity index (χ3v) is 6.59. The van der Waals surface area contributed by atoms with Crippen LogP contribution in [0.1, 0.15) is 28.8 Å². The Labute approximate surface area is 221 Å². The van der Waals surface area contributed by atoms with Crippen LogP contribution in [0.4, 0.5) is 13.2 Å². The number of piperidine rings is 1. The summed E-state index contributed by atoms with van der Waals surface area (Å²) in [6, 6.07) is 11.3. The van der Waals surface area contributed by atoms with Crippen LogP contribution in [0.3, 0.4) is 0 Å². The van der Waals surface area contributed by atoms with Gasteiger partial charge in [0.05, 0.1) is 17.8 Å². The molecule has 1 saturated heterocycles. The van der Waals surface area contributed by atoms with Gasteiger partial charge in [0.25, 0.3) is 11.5 Å². The summed E-state index contributed by atoms with van der Waals surface area (Å²) in [6.45, 7) is 2.59. The highest BCUT2D eigenvalue weighted by molar-refractivity contribution is 5.93. The number of amides is 1. The lowest BCUT2D eigenvalue weighted by atomic mass is 9.98. The van der Waals surface area contributed by atoms with Crippen LogP contribution in [-0.4, -0.2) is 45.3 Å². The summed E-state index contributed by atoms with van der Waals surface area (Å²) >= 11 is 0. The number of nitrogens with one attached hydrogen (secondary N) is 2. The van der Waals surface area contributed by atoms with E-state index in [2.05, 4.69) is 25.7 Å². The molecule has 11 heteroatoms. The molecule has 200 valence electrons. The van der Waals surface area contributed by atoms with Crippen molar-refractivity contribution in [2.45, 2.75) is 19.4 Å². The van der Waals surface area contributed by atoms with Gasteiger partial charge in [-0.15, -0.1) is 0 Å². The van der Waals surface area contributed by atoms with Crippen LogP contribution in [0.5, 0.6) is 0 Å². The third-order valence-electron chi connectivity index (χ3n) is 6.59. The van der Waals surface area contributed by atoms with Crippen molar-refractivity contribution in [2.24, 2.45) is 5.92 Å². The largest absolute Gasteiger partial charge is 0.352 e. The molecule has 0 atom stereocenters. The van der Waals surface area contributed by atoms with E-state index in [1.54, 1.807) is 24.3 Å². The van der Waals surface area contributed by atoms with Crippen molar-refractivity contribution in [1.82, 2.24) is 30.4 Å². The van der Waals surface area contributed by atoms with Crippen molar-refractivity contribution in [2.75, 3.05) is 19.6 Å².